The van der Waals surface area contributed by atoms with Gasteiger partial charge in [0.15, 0.2) is 6.29 Å². The number of amides is 2. The van der Waals surface area contributed by atoms with Crippen LogP contribution in [-0.2, 0) is 9.53 Å². The van der Waals surface area contributed by atoms with Gasteiger partial charge in [-0.2, -0.15) is 0 Å². The number of benzene rings is 1. The summed E-state index contributed by atoms with van der Waals surface area (Å²) in [7, 11) is 0. The van der Waals surface area contributed by atoms with Crippen LogP contribution in [0.1, 0.15) is 37.2 Å². The fourth-order valence-corrected chi connectivity index (χ4v) is 3.10. The molecule has 144 valence electrons. The SMILES string of the molecule is CCC(C)[C@H](NC(=O)c1ccc2ccccc2n1)C(=O)N[C@H]1CCOC1O. The van der Waals surface area contributed by atoms with Gasteiger partial charge in [-0.05, 0) is 24.5 Å². The molecule has 1 saturated heterocycles. The minimum Gasteiger partial charge on any atom is -0.366 e. The van der Waals surface area contributed by atoms with Gasteiger partial charge in [0.05, 0.1) is 18.2 Å². The Bertz CT molecular complexity index is 826. The third kappa shape index (κ3) is 4.43. The predicted molar refractivity (Wildman–Crippen MR) is 101 cm³/mol. The van der Waals surface area contributed by atoms with Crippen LogP contribution in [0.15, 0.2) is 36.4 Å². The lowest BCUT2D eigenvalue weighted by Crippen LogP contribution is -2.54. The topological polar surface area (TPSA) is 101 Å². The van der Waals surface area contributed by atoms with Crippen molar-refractivity contribution in [2.45, 2.75) is 45.1 Å². The van der Waals surface area contributed by atoms with E-state index in [1.165, 1.54) is 0 Å². The van der Waals surface area contributed by atoms with Gasteiger partial charge in [-0.15, -0.1) is 0 Å². The smallest absolute Gasteiger partial charge is 0.270 e. The number of hydrogen-bond acceptors (Lipinski definition) is 5. The van der Waals surface area contributed by atoms with Crippen molar-refractivity contribution in [1.29, 1.82) is 0 Å². The first kappa shape index (κ1) is 19.3. The van der Waals surface area contributed by atoms with Crippen molar-refractivity contribution in [2.75, 3.05) is 6.61 Å². The summed E-state index contributed by atoms with van der Waals surface area (Å²) >= 11 is 0. The Kier molecular flexibility index (Phi) is 6.03. The number of carbonyl (C=O) groups is 2. The molecule has 2 amide bonds. The number of fused-ring (bicyclic) bond motifs is 1. The molecule has 3 rings (SSSR count). The lowest BCUT2D eigenvalue weighted by Gasteiger charge is -2.25. The average Bonchev–Trinajstić information content (AvgIpc) is 3.09. The molecule has 7 heteroatoms. The molecule has 0 aliphatic carbocycles. The maximum Gasteiger partial charge on any atom is 0.270 e. The molecular weight excluding hydrogens is 346 g/mol. The summed E-state index contributed by atoms with van der Waals surface area (Å²) in [5.74, 6) is -0.800. The molecule has 1 aromatic heterocycles. The summed E-state index contributed by atoms with van der Waals surface area (Å²) in [5.41, 5.74) is 0.986. The molecule has 0 saturated carbocycles. The first-order chi connectivity index (χ1) is 13.0. The highest BCUT2D eigenvalue weighted by Crippen LogP contribution is 2.15. The van der Waals surface area contributed by atoms with Gasteiger partial charge in [-0.25, -0.2) is 4.98 Å². The van der Waals surface area contributed by atoms with Crippen LogP contribution in [0.25, 0.3) is 10.9 Å². The summed E-state index contributed by atoms with van der Waals surface area (Å²) < 4.78 is 5.07. The van der Waals surface area contributed by atoms with Crippen LogP contribution in [0.3, 0.4) is 0 Å². The zero-order valence-electron chi connectivity index (χ0n) is 15.5. The van der Waals surface area contributed by atoms with Crippen molar-refractivity contribution in [3.05, 3.63) is 42.1 Å². The number of hydrogen-bond donors (Lipinski definition) is 3. The number of para-hydroxylation sites is 1. The van der Waals surface area contributed by atoms with Crippen molar-refractivity contribution in [1.82, 2.24) is 15.6 Å². The van der Waals surface area contributed by atoms with Crippen LogP contribution in [0, 0.1) is 5.92 Å². The molecule has 2 aromatic rings. The fourth-order valence-electron chi connectivity index (χ4n) is 3.10. The molecule has 1 aliphatic heterocycles. The minimum atomic E-state index is -1.01. The second-order valence-corrected chi connectivity index (χ2v) is 6.89. The van der Waals surface area contributed by atoms with Crippen LogP contribution in [0.2, 0.25) is 0 Å². The molecule has 0 spiro atoms. The van der Waals surface area contributed by atoms with Crippen molar-refractivity contribution in [2.24, 2.45) is 5.92 Å². The minimum absolute atomic E-state index is 0.0751. The summed E-state index contributed by atoms with van der Waals surface area (Å²) in [4.78, 5) is 29.8. The average molecular weight is 371 g/mol. The molecule has 2 heterocycles. The number of ether oxygens (including phenoxy) is 1. The van der Waals surface area contributed by atoms with Gasteiger partial charge in [0.2, 0.25) is 5.91 Å². The van der Waals surface area contributed by atoms with Crippen molar-refractivity contribution < 1.29 is 19.4 Å². The number of aliphatic hydroxyl groups excluding tert-OH is 1. The molecule has 0 radical (unpaired) electrons. The van der Waals surface area contributed by atoms with Gasteiger partial charge < -0.3 is 20.5 Å². The maximum absolute atomic E-state index is 12.7. The Balaban J connectivity index is 1.74. The van der Waals surface area contributed by atoms with E-state index >= 15 is 0 Å². The van der Waals surface area contributed by atoms with Crippen molar-refractivity contribution >= 4 is 22.7 Å². The lowest BCUT2D eigenvalue weighted by molar-refractivity contribution is -0.128. The highest BCUT2D eigenvalue weighted by molar-refractivity contribution is 5.98. The highest BCUT2D eigenvalue weighted by atomic mass is 16.6. The molecule has 27 heavy (non-hydrogen) atoms. The van der Waals surface area contributed by atoms with E-state index in [4.69, 9.17) is 4.74 Å². The standard InChI is InChI=1S/C20H25N3O4/c1-3-12(2)17(19(25)22-16-10-11-27-20(16)26)23-18(24)15-9-8-13-6-4-5-7-14(13)21-15/h4-9,12,16-17,20,26H,3,10-11H2,1-2H3,(H,22,25)(H,23,24)/t12?,16-,17-,20?/m0/s1. The third-order valence-electron chi connectivity index (χ3n) is 5.00. The van der Waals surface area contributed by atoms with Gasteiger partial charge in [0.1, 0.15) is 11.7 Å². The van der Waals surface area contributed by atoms with Gasteiger partial charge in [-0.1, -0.05) is 44.5 Å². The second-order valence-electron chi connectivity index (χ2n) is 6.89. The number of nitrogens with zero attached hydrogens (tertiary/aromatic N) is 1. The number of aromatic nitrogens is 1. The zero-order chi connectivity index (χ0) is 19.4. The van der Waals surface area contributed by atoms with E-state index in [-0.39, 0.29) is 17.5 Å². The lowest BCUT2D eigenvalue weighted by atomic mass is 9.97. The van der Waals surface area contributed by atoms with Crippen LogP contribution < -0.4 is 10.6 Å². The molecule has 3 N–H and O–H groups in total. The maximum atomic E-state index is 12.7. The normalized spacial score (nSPS) is 21.6. The van der Waals surface area contributed by atoms with E-state index in [9.17, 15) is 14.7 Å². The van der Waals surface area contributed by atoms with Crippen LogP contribution in [-0.4, -0.2) is 46.9 Å². The van der Waals surface area contributed by atoms with Gasteiger partial charge in [0.25, 0.3) is 5.91 Å². The fraction of sp³-hybridized carbons (Fsp3) is 0.450. The Hall–Kier alpha value is -2.51. The first-order valence-corrected chi connectivity index (χ1v) is 9.26. The van der Waals surface area contributed by atoms with Crippen LogP contribution in [0.5, 0.6) is 0 Å². The van der Waals surface area contributed by atoms with Crippen LogP contribution >= 0.6 is 0 Å². The van der Waals surface area contributed by atoms with E-state index in [2.05, 4.69) is 15.6 Å². The van der Waals surface area contributed by atoms with Crippen molar-refractivity contribution in [3.8, 4) is 0 Å². The Morgan fingerprint density at radius 2 is 2.07 bits per heavy atom. The monoisotopic (exact) mass is 371 g/mol. The molecule has 4 atom stereocenters. The zero-order valence-corrected chi connectivity index (χ0v) is 15.5. The summed E-state index contributed by atoms with van der Waals surface area (Å²) in [6.07, 6.45) is 0.248. The Morgan fingerprint density at radius 3 is 2.78 bits per heavy atom. The van der Waals surface area contributed by atoms with Crippen molar-refractivity contribution in [3.63, 3.8) is 0 Å². The number of rotatable bonds is 6. The van der Waals surface area contributed by atoms with E-state index < -0.39 is 24.3 Å². The molecular formula is C20H25N3O4. The number of carbonyl (C=O) groups excluding carboxylic acids is 2. The van der Waals surface area contributed by atoms with E-state index in [1.807, 2.05) is 44.2 Å². The second kappa shape index (κ2) is 8.45. The largest absolute Gasteiger partial charge is 0.366 e. The van der Waals surface area contributed by atoms with E-state index in [0.717, 1.165) is 10.9 Å². The number of nitrogens with one attached hydrogen (secondary N) is 2. The summed E-state index contributed by atoms with van der Waals surface area (Å²) in [6.45, 7) is 4.26. The number of aliphatic hydroxyl groups is 1. The number of pyridine rings is 1. The Labute approximate surface area is 158 Å². The molecule has 1 aliphatic rings. The summed E-state index contributed by atoms with van der Waals surface area (Å²) in [6, 6.07) is 9.85. The van der Waals surface area contributed by atoms with Gasteiger partial charge >= 0.3 is 0 Å². The molecule has 1 aromatic carbocycles. The predicted octanol–water partition coefficient (Wildman–Crippen LogP) is 1.60. The molecule has 2 unspecified atom stereocenters. The van der Waals surface area contributed by atoms with Crippen LogP contribution in [0.4, 0.5) is 0 Å². The van der Waals surface area contributed by atoms with Gasteiger partial charge in [0, 0.05) is 5.39 Å². The van der Waals surface area contributed by atoms with E-state index in [0.29, 0.717) is 19.4 Å². The quantitative estimate of drug-likeness (QED) is 0.716. The highest BCUT2D eigenvalue weighted by Gasteiger charge is 2.32. The first-order valence-electron chi connectivity index (χ1n) is 9.26. The third-order valence-corrected chi connectivity index (χ3v) is 5.00. The molecule has 1 fully saturated rings. The molecule has 0 bridgehead atoms. The van der Waals surface area contributed by atoms with Gasteiger partial charge in [-0.3, -0.25) is 9.59 Å². The Morgan fingerprint density at radius 1 is 1.30 bits per heavy atom. The summed E-state index contributed by atoms with van der Waals surface area (Å²) in [5, 5.41) is 16.3. The molecule has 7 nitrogen and oxygen atoms in total. The van der Waals surface area contributed by atoms with E-state index in [1.54, 1.807) is 6.07 Å².